The Labute approximate surface area is 165 Å². The summed E-state index contributed by atoms with van der Waals surface area (Å²) in [7, 11) is 1.60. The highest BCUT2D eigenvalue weighted by molar-refractivity contribution is 5.99. The molecule has 1 aliphatic rings. The number of rotatable bonds is 8. The SMILES string of the molecule is COc1cccc(CNC(=O)c2c(F)cccc2NCCN2CCCCC2)c1. The van der Waals surface area contributed by atoms with Crippen molar-refractivity contribution in [2.75, 3.05) is 38.6 Å². The first-order valence-electron chi connectivity index (χ1n) is 9.83. The summed E-state index contributed by atoms with van der Waals surface area (Å²) >= 11 is 0. The van der Waals surface area contributed by atoms with Gasteiger partial charge in [-0.2, -0.15) is 0 Å². The highest BCUT2D eigenvalue weighted by Crippen LogP contribution is 2.20. The maximum Gasteiger partial charge on any atom is 0.256 e. The number of benzene rings is 2. The number of nitrogens with zero attached hydrogens (tertiary/aromatic N) is 1. The second-order valence-corrected chi connectivity index (χ2v) is 7.03. The van der Waals surface area contributed by atoms with Crippen LogP contribution in [-0.2, 0) is 6.54 Å². The van der Waals surface area contributed by atoms with Gasteiger partial charge >= 0.3 is 0 Å². The number of hydrogen-bond donors (Lipinski definition) is 2. The molecule has 3 rings (SSSR count). The lowest BCUT2D eigenvalue weighted by molar-refractivity contribution is 0.0947. The summed E-state index contributed by atoms with van der Waals surface area (Å²) < 4.78 is 19.6. The van der Waals surface area contributed by atoms with Crippen molar-refractivity contribution in [2.45, 2.75) is 25.8 Å². The molecule has 1 heterocycles. The monoisotopic (exact) mass is 385 g/mol. The van der Waals surface area contributed by atoms with Crippen LogP contribution in [0.4, 0.5) is 10.1 Å². The number of piperidine rings is 1. The van der Waals surface area contributed by atoms with E-state index >= 15 is 0 Å². The van der Waals surface area contributed by atoms with Crippen molar-refractivity contribution in [1.82, 2.24) is 10.2 Å². The number of likely N-dealkylation sites (tertiary alicyclic amines) is 1. The van der Waals surface area contributed by atoms with E-state index in [0.717, 1.165) is 30.9 Å². The first-order valence-corrected chi connectivity index (χ1v) is 9.83. The van der Waals surface area contributed by atoms with E-state index in [4.69, 9.17) is 4.74 Å². The van der Waals surface area contributed by atoms with Crippen LogP contribution in [0.25, 0.3) is 0 Å². The van der Waals surface area contributed by atoms with Gasteiger partial charge in [0.1, 0.15) is 11.6 Å². The molecule has 0 radical (unpaired) electrons. The van der Waals surface area contributed by atoms with E-state index in [1.807, 2.05) is 24.3 Å². The Balaban J connectivity index is 1.60. The van der Waals surface area contributed by atoms with E-state index in [0.29, 0.717) is 18.8 Å². The van der Waals surface area contributed by atoms with Crippen molar-refractivity contribution in [1.29, 1.82) is 0 Å². The standard InChI is InChI=1S/C22H28FN3O2/c1-28-18-8-5-7-17(15-18)16-25-22(27)21-19(23)9-6-10-20(21)24-11-14-26-12-3-2-4-13-26/h5-10,15,24H,2-4,11-14,16H2,1H3,(H,25,27). The lowest BCUT2D eigenvalue weighted by Gasteiger charge is -2.26. The maximum atomic E-state index is 14.4. The van der Waals surface area contributed by atoms with E-state index in [-0.39, 0.29) is 5.56 Å². The predicted octanol–water partition coefficient (Wildman–Crippen LogP) is 3.66. The van der Waals surface area contributed by atoms with Crippen LogP contribution in [0, 0.1) is 5.82 Å². The molecule has 28 heavy (non-hydrogen) atoms. The third-order valence-corrected chi connectivity index (χ3v) is 5.02. The lowest BCUT2D eigenvalue weighted by Crippen LogP contribution is -2.34. The van der Waals surface area contributed by atoms with E-state index < -0.39 is 11.7 Å². The third kappa shape index (κ3) is 5.45. The van der Waals surface area contributed by atoms with Gasteiger partial charge in [0.15, 0.2) is 0 Å². The summed E-state index contributed by atoms with van der Waals surface area (Å²) in [4.78, 5) is 15.0. The summed E-state index contributed by atoms with van der Waals surface area (Å²) in [6.45, 7) is 4.09. The molecule has 0 unspecified atom stereocenters. The van der Waals surface area contributed by atoms with Crippen molar-refractivity contribution in [3.63, 3.8) is 0 Å². The maximum absolute atomic E-state index is 14.4. The van der Waals surface area contributed by atoms with Crippen LogP contribution < -0.4 is 15.4 Å². The van der Waals surface area contributed by atoms with Gasteiger partial charge < -0.3 is 20.3 Å². The Bertz CT molecular complexity index is 791. The molecule has 1 aliphatic heterocycles. The molecular weight excluding hydrogens is 357 g/mol. The highest BCUT2D eigenvalue weighted by atomic mass is 19.1. The zero-order valence-corrected chi connectivity index (χ0v) is 16.3. The zero-order chi connectivity index (χ0) is 19.8. The first-order chi connectivity index (χ1) is 13.7. The second-order valence-electron chi connectivity index (χ2n) is 7.03. The van der Waals surface area contributed by atoms with Crippen molar-refractivity contribution in [3.05, 3.63) is 59.4 Å². The molecule has 2 N–H and O–H groups in total. The van der Waals surface area contributed by atoms with Gasteiger partial charge in [-0.15, -0.1) is 0 Å². The Morgan fingerprint density at radius 2 is 1.93 bits per heavy atom. The van der Waals surface area contributed by atoms with Crippen LogP contribution in [0.15, 0.2) is 42.5 Å². The Morgan fingerprint density at radius 3 is 2.71 bits per heavy atom. The van der Waals surface area contributed by atoms with E-state index in [1.165, 1.54) is 25.3 Å². The van der Waals surface area contributed by atoms with Gasteiger partial charge in [-0.3, -0.25) is 4.79 Å². The minimum absolute atomic E-state index is 0.0593. The largest absolute Gasteiger partial charge is 0.497 e. The second kappa shape index (κ2) is 10.1. The Hall–Kier alpha value is -2.60. The van der Waals surface area contributed by atoms with Gasteiger partial charge in [0.25, 0.3) is 5.91 Å². The molecule has 0 aliphatic carbocycles. The van der Waals surface area contributed by atoms with Gasteiger partial charge in [-0.1, -0.05) is 24.6 Å². The summed E-state index contributed by atoms with van der Waals surface area (Å²) in [5.41, 5.74) is 1.48. The number of amides is 1. The molecule has 0 aromatic heterocycles. The molecule has 5 nitrogen and oxygen atoms in total. The normalized spacial score (nSPS) is 14.5. The van der Waals surface area contributed by atoms with Gasteiger partial charge in [0.05, 0.1) is 12.7 Å². The number of nitrogens with one attached hydrogen (secondary N) is 2. The summed E-state index contributed by atoms with van der Waals surface area (Å²) in [6, 6.07) is 12.1. The Morgan fingerprint density at radius 1 is 1.14 bits per heavy atom. The van der Waals surface area contributed by atoms with E-state index in [2.05, 4.69) is 15.5 Å². The summed E-state index contributed by atoms with van der Waals surface area (Å²) in [5.74, 6) is -0.231. The minimum Gasteiger partial charge on any atom is -0.497 e. The molecular formula is C22H28FN3O2. The summed E-state index contributed by atoms with van der Waals surface area (Å²) in [6.07, 6.45) is 3.77. The van der Waals surface area contributed by atoms with Crippen molar-refractivity contribution in [2.24, 2.45) is 0 Å². The molecule has 0 saturated carbocycles. The number of hydrogen-bond acceptors (Lipinski definition) is 4. The van der Waals surface area contributed by atoms with Crippen LogP contribution >= 0.6 is 0 Å². The van der Waals surface area contributed by atoms with Gasteiger partial charge in [0, 0.05) is 25.3 Å². The number of carbonyl (C=O) groups excluding carboxylic acids is 1. The molecule has 0 bridgehead atoms. The first kappa shape index (κ1) is 20.1. The van der Waals surface area contributed by atoms with Gasteiger partial charge in [-0.05, 0) is 55.8 Å². The molecule has 2 aromatic carbocycles. The predicted molar refractivity (Wildman–Crippen MR) is 109 cm³/mol. The zero-order valence-electron chi connectivity index (χ0n) is 16.3. The van der Waals surface area contributed by atoms with Crippen molar-refractivity contribution >= 4 is 11.6 Å². The number of anilines is 1. The fourth-order valence-electron chi connectivity index (χ4n) is 3.49. The Kier molecular flexibility index (Phi) is 7.25. The highest BCUT2D eigenvalue weighted by Gasteiger charge is 2.17. The quantitative estimate of drug-likeness (QED) is 0.728. The third-order valence-electron chi connectivity index (χ3n) is 5.02. The van der Waals surface area contributed by atoms with Crippen LogP contribution in [0.3, 0.4) is 0 Å². The number of carbonyl (C=O) groups is 1. The molecule has 150 valence electrons. The fraction of sp³-hybridized carbons (Fsp3) is 0.409. The number of methoxy groups -OCH3 is 1. The topological polar surface area (TPSA) is 53.6 Å². The van der Waals surface area contributed by atoms with Crippen LogP contribution in [0.5, 0.6) is 5.75 Å². The molecule has 2 aromatic rings. The fourth-order valence-corrected chi connectivity index (χ4v) is 3.49. The molecule has 0 spiro atoms. The van der Waals surface area contributed by atoms with Gasteiger partial charge in [-0.25, -0.2) is 4.39 Å². The lowest BCUT2D eigenvalue weighted by atomic mass is 10.1. The molecule has 1 amide bonds. The van der Waals surface area contributed by atoms with Crippen LogP contribution in [0.2, 0.25) is 0 Å². The van der Waals surface area contributed by atoms with Crippen LogP contribution in [-0.4, -0.2) is 44.1 Å². The summed E-state index contributed by atoms with van der Waals surface area (Å²) in [5, 5.41) is 6.04. The van der Waals surface area contributed by atoms with Crippen molar-refractivity contribution in [3.8, 4) is 5.75 Å². The number of halogens is 1. The van der Waals surface area contributed by atoms with E-state index in [9.17, 15) is 9.18 Å². The molecule has 1 saturated heterocycles. The van der Waals surface area contributed by atoms with Crippen LogP contribution in [0.1, 0.15) is 35.2 Å². The molecule has 6 heteroatoms. The molecule has 0 atom stereocenters. The average molecular weight is 385 g/mol. The minimum atomic E-state index is -0.522. The average Bonchev–Trinajstić information content (AvgIpc) is 2.73. The van der Waals surface area contributed by atoms with Crippen molar-refractivity contribution < 1.29 is 13.9 Å². The van der Waals surface area contributed by atoms with E-state index in [1.54, 1.807) is 19.2 Å². The van der Waals surface area contributed by atoms with Gasteiger partial charge in [0.2, 0.25) is 0 Å². The number of ether oxygens (including phenoxy) is 1. The molecule has 1 fully saturated rings. The smallest absolute Gasteiger partial charge is 0.256 e.